The van der Waals surface area contributed by atoms with Crippen molar-refractivity contribution in [1.82, 2.24) is 8.75 Å². The van der Waals surface area contributed by atoms with Crippen LogP contribution in [0.1, 0.15) is 135 Å². The predicted octanol–water partition coefficient (Wildman–Crippen LogP) is 14.7. The summed E-state index contributed by atoms with van der Waals surface area (Å²) >= 11 is 4.17. The van der Waals surface area contributed by atoms with Gasteiger partial charge >= 0.3 is 0 Å². The van der Waals surface area contributed by atoms with E-state index in [0.29, 0.717) is 0 Å². The van der Waals surface area contributed by atoms with Crippen molar-refractivity contribution < 1.29 is 0 Å². The number of aromatic nitrogens is 2. The van der Waals surface area contributed by atoms with Crippen molar-refractivity contribution in [3.05, 3.63) is 141 Å². The van der Waals surface area contributed by atoms with Crippen LogP contribution >= 0.6 is 34.3 Å². The molecule has 1 unspecified atom stereocenters. The summed E-state index contributed by atoms with van der Waals surface area (Å²) in [6.45, 7) is 20.5. The highest BCUT2D eigenvalue weighted by Gasteiger charge is 2.42. The maximum atomic E-state index is 4.96. The van der Waals surface area contributed by atoms with Gasteiger partial charge in [0.2, 0.25) is 0 Å². The number of alkyl halides is 1. The van der Waals surface area contributed by atoms with Crippen LogP contribution in [0, 0.1) is 27.7 Å². The summed E-state index contributed by atoms with van der Waals surface area (Å²) in [5.41, 5.74) is 20.3. The zero-order chi connectivity index (χ0) is 37.7. The molecule has 4 heteroatoms. The Balaban J connectivity index is 1.31. The van der Waals surface area contributed by atoms with Crippen molar-refractivity contribution in [1.29, 1.82) is 0 Å². The van der Waals surface area contributed by atoms with E-state index in [1.165, 1.54) is 128 Å². The van der Waals surface area contributed by atoms with E-state index in [4.69, 9.17) is 8.75 Å². The van der Waals surface area contributed by atoms with Gasteiger partial charge in [-0.15, -0.1) is 0 Å². The fraction of sp³-hybridized carbons (Fsp3) is 0.388. The van der Waals surface area contributed by atoms with E-state index in [9.17, 15) is 0 Å². The summed E-state index contributed by atoms with van der Waals surface area (Å²) in [7, 11) is 0. The molecule has 7 rings (SSSR count). The van der Waals surface area contributed by atoms with Crippen molar-refractivity contribution in [3.8, 4) is 22.3 Å². The predicted molar refractivity (Wildman–Crippen MR) is 237 cm³/mol. The Kier molecular flexibility index (Phi) is 10.5. The van der Waals surface area contributed by atoms with Crippen LogP contribution in [0.2, 0.25) is 0 Å². The Hall–Kier alpha value is -3.35. The summed E-state index contributed by atoms with van der Waals surface area (Å²) in [6.07, 6.45) is 8.92. The van der Waals surface area contributed by atoms with Gasteiger partial charge in [0, 0.05) is 16.4 Å². The second-order valence-corrected chi connectivity index (χ2v) is 19.3. The van der Waals surface area contributed by atoms with E-state index in [1.807, 2.05) is 0 Å². The molecule has 0 saturated carbocycles. The van der Waals surface area contributed by atoms with Gasteiger partial charge in [0.15, 0.2) is 0 Å². The SMILES string of the molecule is CCCCCCCCC1(I)c2cc(-c3ccc(C(C)(C)c4cc(C)cc(C)c4)c4nsnc34)ccc2-c2ccc(C(C)(C)c3cc(C)cc(C)c3)cc21. The molecule has 1 aromatic heterocycles. The molecule has 0 radical (unpaired) electrons. The summed E-state index contributed by atoms with van der Waals surface area (Å²) in [6, 6.07) is 33.1. The van der Waals surface area contributed by atoms with Gasteiger partial charge in [0.05, 0.1) is 15.1 Å². The van der Waals surface area contributed by atoms with Gasteiger partial charge in [-0.2, -0.15) is 8.75 Å². The summed E-state index contributed by atoms with van der Waals surface area (Å²) < 4.78 is 9.80. The van der Waals surface area contributed by atoms with E-state index in [0.717, 1.165) is 17.5 Å². The quantitative estimate of drug-likeness (QED) is 0.0697. The van der Waals surface area contributed by atoms with Gasteiger partial charge in [0.25, 0.3) is 0 Å². The molecule has 0 aliphatic heterocycles. The molecule has 0 spiro atoms. The van der Waals surface area contributed by atoms with Crippen molar-refractivity contribution >= 4 is 45.4 Å². The van der Waals surface area contributed by atoms with E-state index in [-0.39, 0.29) is 14.3 Å². The topological polar surface area (TPSA) is 25.8 Å². The van der Waals surface area contributed by atoms with Crippen LogP contribution in [0.5, 0.6) is 0 Å². The molecular formula is C49H55IN2S. The second-order valence-electron chi connectivity index (χ2n) is 17.0. The molecule has 0 N–H and O–H groups in total. The number of hydrogen-bond donors (Lipinski definition) is 0. The molecule has 2 nitrogen and oxygen atoms in total. The minimum absolute atomic E-state index is 0.109. The second kappa shape index (κ2) is 14.7. The number of halogens is 1. The zero-order valence-electron chi connectivity index (χ0n) is 33.2. The Morgan fingerprint density at radius 1 is 0.547 bits per heavy atom. The third-order valence-corrected chi connectivity index (χ3v) is 14.3. The third-order valence-electron chi connectivity index (χ3n) is 12.1. The molecule has 5 aromatic carbocycles. The minimum Gasteiger partial charge on any atom is -0.173 e. The molecular weight excluding hydrogens is 776 g/mol. The van der Waals surface area contributed by atoms with Crippen molar-refractivity contribution in [3.63, 3.8) is 0 Å². The molecule has 6 aromatic rings. The average molecular weight is 831 g/mol. The molecule has 1 aliphatic carbocycles. The van der Waals surface area contributed by atoms with Crippen LogP contribution in [-0.4, -0.2) is 8.75 Å². The van der Waals surface area contributed by atoms with Crippen LogP contribution in [-0.2, 0) is 14.3 Å². The number of benzene rings is 5. The molecule has 0 amide bonds. The van der Waals surface area contributed by atoms with Gasteiger partial charge in [0.1, 0.15) is 11.0 Å². The first-order valence-corrected chi connectivity index (χ1v) is 21.5. The smallest absolute Gasteiger partial charge is 0.112 e. The Bertz CT molecular complexity index is 2270. The normalized spacial score (nSPS) is 15.6. The van der Waals surface area contributed by atoms with Crippen LogP contribution in [0.4, 0.5) is 0 Å². The Labute approximate surface area is 336 Å². The molecule has 1 aliphatic rings. The maximum Gasteiger partial charge on any atom is 0.112 e. The number of hydrogen-bond acceptors (Lipinski definition) is 3. The first-order valence-electron chi connectivity index (χ1n) is 19.7. The largest absolute Gasteiger partial charge is 0.173 e. The molecule has 0 saturated heterocycles. The monoisotopic (exact) mass is 830 g/mol. The van der Waals surface area contributed by atoms with Gasteiger partial charge in [-0.05, 0) is 90.3 Å². The number of fused-ring (bicyclic) bond motifs is 4. The summed E-state index contributed by atoms with van der Waals surface area (Å²) in [5, 5.41) is 0. The zero-order valence-corrected chi connectivity index (χ0v) is 36.2. The fourth-order valence-electron chi connectivity index (χ4n) is 8.93. The van der Waals surface area contributed by atoms with E-state index >= 15 is 0 Å². The summed E-state index contributed by atoms with van der Waals surface area (Å²) in [4.78, 5) is 0. The lowest BCUT2D eigenvalue weighted by Gasteiger charge is -2.30. The standard InChI is InChI=1S/C49H55IN2S/c1-10-11-12-13-14-15-22-49(50)43-29-35(39-20-21-42(46-45(39)51-53-52-46)48(8,9)38-27-33(4)24-34(5)28-38)16-18-40(43)41-19-17-36(30-44(41)49)47(6,7)37-25-31(2)23-32(3)26-37/h16-21,23-30H,10-15,22H2,1-9H3. The van der Waals surface area contributed by atoms with Crippen molar-refractivity contribution in [2.75, 3.05) is 0 Å². The highest BCUT2D eigenvalue weighted by atomic mass is 127. The lowest BCUT2D eigenvalue weighted by Crippen LogP contribution is -2.22. The minimum atomic E-state index is -0.208. The van der Waals surface area contributed by atoms with E-state index in [2.05, 4.69) is 170 Å². The number of aryl methyl sites for hydroxylation is 4. The van der Waals surface area contributed by atoms with Crippen molar-refractivity contribution in [2.24, 2.45) is 0 Å². The molecule has 274 valence electrons. The van der Waals surface area contributed by atoms with Gasteiger partial charge < -0.3 is 0 Å². The number of rotatable bonds is 12. The number of unbranched alkanes of at least 4 members (excludes halogenated alkanes) is 5. The van der Waals surface area contributed by atoms with Crippen LogP contribution < -0.4 is 0 Å². The average Bonchev–Trinajstić information content (AvgIpc) is 3.70. The van der Waals surface area contributed by atoms with Crippen LogP contribution in [0.15, 0.2) is 84.9 Å². The first kappa shape index (κ1) is 37.9. The van der Waals surface area contributed by atoms with Crippen molar-refractivity contribution in [2.45, 2.75) is 122 Å². The summed E-state index contributed by atoms with van der Waals surface area (Å²) in [5.74, 6) is 0. The van der Waals surface area contributed by atoms with Gasteiger partial charge in [-0.1, -0.05) is 197 Å². The van der Waals surface area contributed by atoms with Crippen LogP contribution in [0.3, 0.4) is 0 Å². The fourth-order valence-corrected chi connectivity index (χ4v) is 10.8. The van der Waals surface area contributed by atoms with Crippen LogP contribution in [0.25, 0.3) is 33.3 Å². The Morgan fingerprint density at radius 3 is 1.72 bits per heavy atom. The first-order chi connectivity index (χ1) is 25.2. The van der Waals surface area contributed by atoms with E-state index in [1.54, 1.807) is 0 Å². The maximum absolute atomic E-state index is 4.96. The lowest BCUT2D eigenvalue weighted by molar-refractivity contribution is 0.562. The molecule has 0 bridgehead atoms. The highest BCUT2D eigenvalue weighted by Crippen LogP contribution is 2.57. The molecule has 53 heavy (non-hydrogen) atoms. The van der Waals surface area contributed by atoms with Gasteiger partial charge in [-0.3, -0.25) is 0 Å². The number of nitrogens with zero attached hydrogens (tertiary/aromatic N) is 2. The highest BCUT2D eigenvalue weighted by molar-refractivity contribution is 14.1. The molecule has 1 atom stereocenters. The lowest BCUT2D eigenvalue weighted by atomic mass is 9.75. The molecule has 0 fully saturated rings. The third kappa shape index (κ3) is 7.04. The van der Waals surface area contributed by atoms with Gasteiger partial charge in [-0.25, -0.2) is 0 Å². The Morgan fingerprint density at radius 2 is 1.08 bits per heavy atom. The van der Waals surface area contributed by atoms with E-state index < -0.39 is 0 Å². The molecule has 1 heterocycles.